The Balaban J connectivity index is 1.77. The van der Waals surface area contributed by atoms with Gasteiger partial charge in [-0.25, -0.2) is 9.79 Å². The predicted octanol–water partition coefficient (Wildman–Crippen LogP) is 4.72. The molecule has 0 fully saturated rings. The second-order valence-electron chi connectivity index (χ2n) is 5.87. The van der Waals surface area contributed by atoms with Gasteiger partial charge in [-0.3, -0.25) is 9.69 Å². The molecule has 5 nitrogen and oxygen atoms in total. The summed E-state index contributed by atoms with van der Waals surface area (Å²) in [5.41, 5.74) is 3.70. The number of benzene rings is 2. The molecule has 0 unspecified atom stereocenters. The molecule has 1 aromatic heterocycles. The summed E-state index contributed by atoms with van der Waals surface area (Å²) in [7, 11) is 0. The summed E-state index contributed by atoms with van der Waals surface area (Å²) in [6.45, 7) is 2.06. The van der Waals surface area contributed by atoms with Crippen LogP contribution in [0.2, 0.25) is 0 Å². The van der Waals surface area contributed by atoms with E-state index in [1.165, 1.54) is 11.3 Å². The van der Waals surface area contributed by atoms with Gasteiger partial charge in [0.15, 0.2) is 0 Å². The number of carbonyl (C=O) groups excluding carboxylic acids is 2. The third-order valence-corrected chi connectivity index (χ3v) is 4.84. The Labute approximate surface area is 160 Å². The van der Waals surface area contributed by atoms with E-state index in [0.717, 1.165) is 16.9 Å². The molecule has 0 atom stereocenters. The monoisotopic (exact) mass is 376 g/mol. The van der Waals surface area contributed by atoms with Gasteiger partial charge in [0, 0.05) is 10.9 Å². The Morgan fingerprint density at radius 1 is 1.15 bits per heavy atom. The van der Waals surface area contributed by atoms with Gasteiger partial charge in [-0.05, 0) is 42.6 Å². The Morgan fingerprint density at radius 2 is 2.00 bits per heavy atom. The molecule has 0 bridgehead atoms. The average molecular weight is 376 g/mol. The van der Waals surface area contributed by atoms with Crippen molar-refractivity contribution in [2.45, 2.75) is 6.92 Å². The van der Waals surface area contributed by atoms with E-state index < -0.39 is 5.97 Å². The molecule has 6 heteroatoms. The number of hydrogen-bond acceptors (Lipinski definition) is 5. The number of carbonyl (C=O) groups is 2. The van der Waals surface area contributed by atoms with Gasteiger partial charge in [0.1, 0.15) is 5.71 Å². The number of amides is 1. The second kappa shape index (κ2) is 7.17. The summed E-state index contributed by atoms with van der Waals surface area (Å²) in [5.74, 6) is -0.589. The highest BCUT2D eigenvalue weighted by Crippen LogP contribution is 2.37. The van der Waals surface area contributed by atoms with Crippen LogP contribution in [0.25, 0.3) is 0 Å². The first-order valence-corrected chi connectivity index (χ1v) is 9.45. The minimum Gasteiger partial charge on any atom is -0.462 e. The van der Waals surface area contributed by atoms with Crippen molar-refractivity contribution in [3.8, 4) is 0 Å². The van der Waals surface area contributed by atoms with E-state index in [1.807, 2.05) is 41.1 Å². The molecule has 134 valence electrons. The smallest absolute Gasteiger partial charge is 0.338 e. The molecule has 0 saturated carbocycles. The first-order valence-electron chi connectivity index (χ1n) is 8.51. The van der Waals surface area contributed by atoms with Crippen LogP contribution in [0, 0.1) is 0 Å². The van der Waals surface area contributed by atoms with E-state index in [1.54, 1.807) is 36.1 Å². The van der Waals surface area contributed by atoms with Gasteiger partial charge in [0.05, 0.1) is 29.2 Å². The predicted molar refractivity (Wildman–Crippen MR) is 107 cm³/mol. The number of anilines is 2. The van der Waals surface area contributed by atoms with E-state index in [2.05, 4.69) is 4.99 Å². The van der Waals surface area contributed by atoms with Gasteiger partial charge in [-0.2, -0.15) is 11.3 Å². The third kappa shape index (κ3) is 3.15. The molecular weight excluding hydrogens is 360 g/mol. The fourth-order valence-corrected chi connectivity index (χ4v) is 3.61. The minimum absolute atomic E-state index is 0.184. The van der Waals surface area contributed by atoms with Crippen molar-refractivity contribution in [3.05, 3.63) is 76.5 Å². The summed E-state index contributed by atoms with van der Waals surface area (Å²) in [5, 5.41) is 3.86. The molecule has 3 aromatic rings. The zero-order chi connectivity index (χ0) is 18.8. The van der Waals surface area contributed by atoms with Crippen LogP contribution in [0.5, 0.6) is 0 Å². The van der Waals surface area contributed by atoms with Crippen LogP contribution in [0.1, 0.15) is 22.8 Å². The molecule has 0 spiro atoms. The van der Waals surface area contributed by atoms with Crippen LogP contribution in [-0.2, 0) is 9.53 Å². The molecule has 0 aliphatic carbocycles. The maximum Gasteiger partial charge on any atom is 0.338 e. The number of hydrogen-bond donors (Lipinski definition) is 0. The average Bonchev–Trinajstić information content (AvgIpc) is 3.29. The van der Waals surface area contributed by atoms with E-state index in [4.69, 9.17) is 4.74 Å². The number of nitrogens with zero attached hydrogens (tertiary/aromatic N) is 2. The van der Waals surface area contributed by atoms with E-state index in [9.17, 15) is 9.59 Å². The Hall–Kier alpha value is -3.25. The highest BCUT2D eigenvalue weighted by atomic mass is 32.1. The first-order chi connectivity index (χ1) is 13.2. The lowest BCUT2D eigenvalue weighted by atomic mass is 10.1. The quantitative estimate of drug-likeness (QED) is 0.619. The van der Waals surface area contributed by atoms with E-state index in [-0.39, 0.29) is 5.91 Å². The second-order valence-corrected chi connectivity index (χ2v) is 6.65. The Bertz CT molecular complexity index is 1040. The van der Waals surface area contributed by atoms with Crippen LogP contribution in [0.4, 0.5) is 17.1 Å². The van der Waals surface area contributed by atoms with Crippen molar-refractivity contribution in [2.75, 3.05) is 11.5 Å². The van der Waals surface area contributed by atoms with Gasteiger partial charge in [0.2, 0.25) is 0 Å². The molecule has 2 heterocycles. The van der Waals surface area contributed by atoms with Crippen molar-refractivity contribution >= 4 is 46.0 Å². The lowest BCUT2D eigenvalue weighted by molar-refractivity contribution is -0.111. The fourth-order valence-electron chi connectivity index (χ4n) is 2.99. The highest BCUT2D eigenvalue weighted by Gasteiger charge is 2.34. The van der Waals surface area contributed by atoms with Gasteiger partial charge in [0.25, 0.3) is 5.91 Å². The van der Waals surface area contributed by atoms with Gasteiger partial charge in [-0.1, -0.05) is 24.3 Å². The summed E-state index contributed by atoms with van der Waals surface area (Å²) in [6, 6.07) is 16.3. The van der Waals surface area contributed by atoms with Crippen LogP contribution in [0.3, 0.4) is 0 Å². The van der Waals surface area contributed by atoms with Crippen LogP contribution in [0.15, 0.2) is 70.3 Å². The zero-order valence-electron chi connectivity index (χ0n) is 14.6. The molecule has 4 rings (SSSR count). The summed E-state index contributed by atoms with van der Waals surface area (Å²) < 4.78 is 5.03. The number of esters is 1. The molecule has 1 amide bonds. The fraction of sp³-hybridized carbons (Fsp3) is 0.0952. The Kier molecular flexibility index (Phi) is 4.56. The number of fused-ring (bicyclic) bond motifs is 1. The number of ether oxygens (including phenoxy) is 1. The molecule has 27 heavy (non-hydrogen) atoms. The largest absolute Gasteiger partial charge is 0.462 e. The Morgan fingerprint density at radius 3 is 2.78 bits per heavy atom. The molecular formula is C21H16N2O3S. The molecule has 1 aliphatic heterocycles. The van der Waals surface area contributed by atoms with Gasteiger partial charge < -0.3 is 4.74 Å². The number of para-hydroxylation sites is 1. The molecule has 1 aliphatic rings. The van der Waals surface area contributed by atoms with Crippen LogP contribution in [-0.4, -0.2) is 24.2 Å². The maximum absolute atomic E-state index is 13.1. The number of aliphatic imine (C=N–C) groups is 1. The van der Waals surface area contributed by atoms with Gasteiger partial charge in [-0.15, -0.1) is 0 Å². The summed E-state index contributed by atoms with van der Waals surface area (Å²) in [4.78, 5) is 31.3. The van der Waals surface area contributed by atoms with Crippen LogP contribution < -0.4 is 4.90 Å². The normalized spacial score (nSPS) is 14.5. The highest BCUT2D eigenvalue weighted by molar-refractivity contribution is 7.08. The summed E-state index contributed by atoms with van der Waals surface area (Å²) in [6.07, 6.45) is 0. The maximum atomic E-state index is 13.1. The SMILES string of the molecule is CCOC(=O)c1cccc(/N=C2\C(=O)N(c3ccsc3)c3ccccc32)c1. The van der Waals surface area contributed by atoms with Crippen molar-refractivity contribution in [1.29, 1.82) is 0 Å². The summed E-state index contributed by atoms with van der Waals surface area (Å²) >= 11 is 1.53. The van der Waals surface area contributed by atoms with Crippen LogP contribution >= 0.6 is 11.3 Å². The van der Waals surface area contributed by atoms with Crippen molar-refractivity contribution in [3.63, 3.8) is 0 Å². The molecule has 0 N–H and O–H groups in total. The standard InChI is InChI=1S/C21H16N2O3S/c1-2-26-21(25)14-6-5-7-15(12-14)22-19-17-8-3-4-9-18(17)23(20(19)24)16-10-11-27-13-16/h3-13H,2H2,1H3/b22-19-. The molecule has 0 saturated heterocycles. The molecule has 2 aromatic carbocycles. The minimum atomic E-state index is -0.405. The lowest BCUT2D eigenvalue weighted by Crippen LogP contribution is -2.24. The van der Waals surface area contributed by atoms with Crippen molar-refractivity contribution in [2.24, 2.45) is 4.99 Å². The van der Waals surface area contributed by atoms with E-state index >= 15 is 0 Å². The topological polar surface area (TPSA) is 59.0 Å². The van der Waals surface area contributed by atoms with Gasteiger partial charge >= 0.3 is 5.97 Å². The molecule has 0 radical (unpaired) electrons. The number of rotatable bonds is 4. The first kappa shape index (κ1) is 17.2. The van der Waals surface area contributed by atoms with E-state index in [0.29, 0.717) is 23.6 Å². The third-order valence-electron chi connectivity index (χ3n) is 4.17. The number of thiophene rings is 1. The zero-order valence-corrected chi connectivity index (χ0v) is 15.4. The van der Waals surface area contributed by atoms with Crippen molar-refractivity contribution < 1.29 is 14.3 Å². The lowest BCUT2D eigenvalue weighted by Gasteiger charge is -2.14. The van der Waals surface area contributed by atoms with Crippen molar-refractivity contribution in [1.82, 2.24) is 0 Å².